The fourth-order valence-electron chi connectivity index (χ4n) is 1.35. The first-order valence-electron chi connectivity index (χ1n) is 4.37. The largest absolute Gasteiger partial charge is 0.469 e. The number of hydrogen-bond acceptors (Lipinski definition) is 4. The Hall–Kier alpha value is -1.62. The molecule has 5 heteroatoms. The number of rotatable bonds is 2. The Bertz CT molecular complexity index is 555. The molecule has 0 saturated carbocycles. The van der Waals surface area contributed by atoms with Crippen molar-refractivity contribution in [2.75, 3.05) is 7.11 Å². The van der Waals surface area contributed by atoms with Crippen molar-refractivity contribution < 1.29 is 13.9 Å². The lowest BCUT2D eigenvalue weighted by atomic mass is 10.1. The average Bonchev–Trinajstić information content (AvgIpc) is 2.57. The van der Waals surface area contributed by atoms with Crippen molar-refractivity contribution in [3.63, 3.8) is 0 Å². The molecule has 4 nitrogen and oxygen atoms in total. The molecule has 0 aliphatic carbocycles. The molecule has 0 atom stereocenters. The molecule has 0 amide bonds. The van der Waals surface area contributed by atoms with Gasteiger partial charge in [0.05, 0.1) is 19.0 Å². The summed E-state index contributed by atoms with van der Waals surface area (Å²) in [7, 11) is 1.37. The van der Waals surface area contributed by atoms with Gasteiger partial charge in [-0.2, -0.15) is 0 Å². The summed E-state index contributed by atoms with van der Waals surface area (Å²) in [6.45, 7) is 0. The average molecular weight is 223 g/mol. The van der Waals surface area contributed by atoms with E-state index >= 15 is 0 Å². The third-order valence-electron chi connectivity index (χ3n) is 2.06. The number of esters is 1. The van der Waals surface area contributed by atoms with Crippen LogP contribution in [0.25, 0.3) is 11.1 Å². The summed E-state index contributed by atoms with van der Waals surface area (Å²) < 4.78 is 9.78. The van der Waals surface area contributed by atoms with Gasteiger partial charge in [-0.1, -0.05) is 6.07 Å². The fraction of sp³-hybridized carbons (Fsp3) is 0.200. The van der Waals surface area contributed by atoms with Crippen LogP contribution >= 0.6 is 12.2 Å². The van der Waals surface area contributed by atoms with Gasteiger partial charge in [0, 0.05) is 0 Å². The highest BCUT2D eigenvalue weighted by molar-refractivity contribution is 7.71. The Morgan fingerprint density at radius 1 is 1.60 bits per heavy atom. The van der Waals surface area contributed by atoms with Crippen LogP contribution in [0.2, 0.25) is 0 Å². The van der Waals surface area contributed by atoms with Gasteiger partial charge in [0.15, 0.2) is 5.58 Å². The van der Waals surface area contributed by atoms with E-state index in [-0.39, 0.29) is 12.4 Å². The topological polar surface area (TPSA) is 55.2 Å². The number of ether oxygens (including phenoxy) is 1. The number of carbonyl (C=O) groups is 1. The number of benzene rings is 1. The lowest BCUT2D eigenvalue weighted by molar-refractivity contribution is -0.139. The van der Waals surface area contributed by atoms with Crippen molar-refractivity contribution in [1.29, 1.82) is 0 Å². The first kappa shape index (κ1) is 9.92. The summed E-state index contributed by atoms with van der Waals surface area (Å²) in [5.74, 6) is -0.267. The number of H-pyrrole nitrogens is 1. The molecule has 0 aliphatic rings. The summed E-state index contributed by atoms with van der Waals surface area (Å²) in [5, 5.41) is 0. The van der Waals surface area contributed by atoms with Crippen LogP contribution in [0.1, 0.15) is 5.56 Å². The molecular weight excluding hydrogens is 214 g/mol. The van der Waals surface area contributed by atoms with Gasteiger partial charge in [-0.05, 0) is 29.9 Å². The molecule has 0 fully saturated rings. The Balaban J connectivity index is 2.38. The van der Waals surface area contributed by atoms with Crippen LogP contribution in [-0.2, 0) is 16.0 Å². The van der Waals surface area contributed by atoms with E-state index < -0.39 is 0 Å². The summed E-state index contributed by atoms with van der Waals surface area (Å²) in [5.41, 5.74) is 2.34. The third kappa shape index (κ3) is 2.07. The summed E-state index contributed by atoms with van der Waals surface area (Å²) in [4.78, 5) is 14.3. The Morgan fingerprint density at radius 2 is 2.40 bits per heavy atom. The molecule has 2 aromatic rings. The normalized spacial score (nSPS) is 10.5. The molecule has 15 heavy (non-hydrogen) atoms. The summed E-state index contributed by atoms with van der Waals surface area (Å²) >= 11 is 4.85. The van der Waals surface area contributed by atoms with Crippen molar-refractivity contribution in [2.24, 2.45) is 0 Å². The number of aromatic amines is 1. The van der Waals surface area contributed by atoms with Gasteiger partial charge in [-0.3, -0.25) is 4.79 Å². The second-order valence-corrected chi connectivity index (χ2v) is 3.47. The number of aromatic nitrogens is 1. The molecule has 0 spiro atoms. The predicted octanol–water partition coefficient (Wildman–Crippen LogP) is 2.21. The van der Waals surface area contributed by atoms with Crippen molar-refractivity contribution in [3.8, 4) is 0 Å². The molecule has 0 aliphatic heterocycles. The van der Waals surface area contributed by atoms with E-state index in [1.54, 1.807) is 6.07 Å². The SMILES string of the molecule is COC(=O)Cc1ccc2oc(=S)[nH]c2c1. The van der Waals surface area contributed by atoms with Crippen LogP contribution in [-0.4, -0.2) is 18.1 Å². The highest BCUT2D eigenvalue weighted by atomic mass is 32.1. The number of oxazole rings is 1. The van der Waals surface area contributed by atoms with Crippen molar-refractivity contribution in [3.05, 3.63) is 28.6 Å². The zero-order valence-electron chi connectivity index (χ0n) is 8.07. The van der Waals surface area contributed by atoms with Gasteiger partial charge >= 0.3 is 5.97 Å². The Labute approximate surface area is 90.9 Å². The maximum Gasteiger partial charge on any atom is 0.309 e. The number of fused-ring (bicyclic) bond motifs is 1. The van der Waals surface area contributed by atoms with Gasteiger partial charge < -0.3 is 14.1 Å². The van der Waals surface area contributed by atoms with Crippen LogP contribution in [0.15, 0.2) is 22.6 Å². The van der Waals surface area contributed by atoms with Crippen LogP contribution in [0.5, 0.6) is 0 Å². The Morgan fingerprint density at radius 3 is 3.13 bits per heavy atom. The molecule has 0 unspecified atom stereocenters. The number of methoxy groups -OCH3 is 1. The minimum absolute atomic E-state index is 0.248. The van der Waals surface area contributed by atoms with E-state index in [0.29, 0.717) is 10.4 Å². The molecule has 2 rings (SSSR count). The fourth-order valence-corrected chi connectivity index (χ4v) is 1.55. The van der Waals surface area contributed by atoms with Gasteiger partial charge in [0.1, 0.15) is 0 Å². The lowest BCUT2D eigenvalue weighted by Crippen LogP contribution is -2.04. The molecule has 1 heterocycles. The van der Waals surface area contributed by atoms with E-state index in [0.717, 1.165) is 11.1 Å². The Kier molecular flexibility index (Phi) is 2.55. The molecule has 0 saturated heterocycles. The zero-order chi connectivity index (χ0) is 10.8. The maximum atomic E-state index is 11.0. The van der Waals surface area contributed by atoms with Crippen LogP contribution in [0.4, 0.5) is 0 Å². The number of carbonyl (C=O) groups excluding carboxylic acids is 1. The number of nitrogens with one attached hydrogen (secondary N) is 1. The van der Waals surface area contributed by atoms with E-state index in [1.165, 1.54) is 7.11 Å². The molecule has 1 N–H and O–H groups in total. The van der Waals surface area contributed by atoms with Crippen LogP contribution in [0.3, 0.4) is 0 Å². The minimum atomic E-state index is -0.267. The quantitative estimate of drug-likeness (QED) is 0.626. The smallest absolute Gasteiger partial charge is 0.309 e. The monoisotopic (exact) mass is 223 g/mol. The molecule has 0 radical (unpaired) electrons. The minimum Gasteiger partial charge on any atom is -0.469 e. The van der Waals surface area contributed by atoms with Crippen LogP contribution < -0.4 is 0 Å². The van der Waals surface area contributed by atoms with E-state index in [2.05, 4.69) is 9.72 Å². The first-order valence-corrected chi connectivity index (χ1v) is 4.78. The lowest BCUT2D eigenvalue weighted by Gasteiger charge is -1.98. The summed E-state index contributed by atoms with van der Waals surface area (Å²) in [6, 6.07) is 5.41. The molecule has 0 bridgehead atoms. The van der Waals surface area contributed by atoms with Crippen LogP contribution in [0, 0.1) is 4.84 Å². The highest BCUT2D eigenvalue weighted by Crippen LogP contribution is 2.15. The van der Waals surface area contributed by atoms with Gasteiger partial charge in [0.25, 0.3) is 4.84 Å². The second-order valence-electron chi connectivity index (χ2n) is 3.10. The molecular formula is C10H9NO3S. The highest BCUT2D eigenvalue weighted by Gasteiger charge is 2.05. The van der Waals surface area contributed by atoms with E-state index in [1.807, 2.05) is 12.1 Å². The van der Waals surface area contributed by atoms with Gasteiger partial charge in [-0.15, -0.1) is 0 Å². The standard InChI is InChI=1S/C10H9NO3S/c1-13-9(12)5-6-2-3-8-7(4-6)11-10(15)14-8/h2-4H,5H2,1H3,(H,11,15). The summed E-state index contributed by atoms with van der Waals surface area (Å²) in [6.07, 6.45) is 0.248. The molecule has 1 aromatic heterocycles. The van der Waals surface area contributed by atoms with Gasteiger partial charge in [-0.25, -0.2) is 0 Å². The van der Waals surface area contributed by atoms with E-state index in [9.17, 15) is 4.79 Å². The molecule has 78 valence electrons. The van der Waals surface area contributed by atoms with E-state index in [4.69, 9.17) is 16.6 Å². The predicted molar refractivity (Wildman–Crippen MR) is 57.1 cm³/mol. The van der Waals surface area contributed by atoms with Gasteiger partial charge in [0.2, 0.25) is 0 Å². The van der Waals surface area contributed by atoms with Crippen molar-refractivity contribution >= 4 is 29.3 Å². The second kappa shape index (κ2) is 3.86. The maximum absolute atomic E-state index is 11.0. The third-order valence-corrected chi connectivity index (χ3v) is 2.24. The van der Waals surface area contributed by atoms with Crippen molar-refractivity contribution in [1.82, 2.24) is 4.98 Å². The first-order chi connectivity index (χ1) is 7.19. The van der Waals surface area contributed by atoms with Crippen molar-refractivity contribution in [2.45, 2.75) is 6.42 Å². The molecule has 1 aromatic carbocycles. The number of hydrogen-bond donors (Lipinski definition) is 1. The zero-order valence-corrected chi connectivity index (χ0v) is 8.89.